The fourth-order valence-electron chi connectivity index (χ4n) is 0.671. The molecule has 0 aromatic heterocycles. The Labute approximate surface area is 88.4 Å². The summed E-state index contributed by atoms with van der Waals surface area (Å²) in [4.78, 5) is 0. The van der Waals surface area contributed by atoms with Gasteiger partial charge in [0.1, 0.15) is 0 Å². The Balaban J connectivity index is 0.000000189. The first-order valence-electron chi connectivity index (χ1n) is 3.43. The second kappa shape index (κ2) is 7.17. The van der Waals surface area contributed by atoms with Crippen LogP contribution in [0.2, 0.25) is 5.02 Å². The number of hydrogen-bond donors (Lipinski definition) is 0. The molecule has 0 bridgehead atoms. The standard InChI is InChI=1S/C5H4Cl.C5H5.Fe/c6-5-3-1-2-4-5;1-2-4-5-3-1;/h1-4H;1-5H;/q-1;-5;. The molecule has 0 radical (unpaired) electrons. The van der Waals surface area contributed by atoms with Crippen LogP contribution in [-0.2, 0) is 17.1 Å². The van der Waals surface area contributed by atoms with Crippen molar-refractivity contribution < 1.29 is 17.1 Å². The predicted octanol–water partition coefficient (Wildman–Crippen LogP) is 3.46. The van der Waals surface area contributed by atoms with E-state index in [-0.39, 0.29) is 17.1 Å². The molecule has 0 atom stereocenters. The zero-order valence-corrected chi connectivity index (χ0v) is 8.29. The van der Waals surface area contributed by atoms with Crippen LogP contribution >= 0.6 is 11.6 Å². The van der Waals surface area contributed by atoms with Gasteiger partial charge >= 0.3 is 0 Å². The maximum Gasteiger partial charge on any atom is 0 e. The second-order valence-corrected chi connectivity index (χ2v) is 2.50. The quantitative estimate of drug-likeness (QED) is 0.471. The van der Waals surface area contributed by atoms with Crippen molar-refractivity contribution in [1.29, 1.82) is 0 Å². The largest absolute Gasteiger partial charge is 0.748 e. The summed E-state index contributed by atoms with van der Waals surface area (Å²) in [6.45, 7) is 0. The van der Waals surface area contributed by atoms with Gasteiger partial charge < -0.3 is 30.3 Å². The third-order valence-electron chi connectivity index (χ3n) is 1.18. The molecular formula is C10H9ClFe-6. The molecule has 0 fully saturated rings. The van der Waals surface area contributed by atoms with Gasteiger partial charge in [0.05, 0.1) is 0 Å². The van der Waals surface area contributed by atoms with Gasteiger partial charge in [-0.2, -0.15) is 23.7 Å². The average molecular weight is 220 g/mol. The molecule has 0 saturated heterocycles. The fraction of sp³-hybridized carbons (Fsp3) is 0. The molecule has 2 aromatic rings. The van der Waals surface area contributed by atoms with E-state index in [2.05, 4.69) is 0 Å². The molecule has 12 heavy (non-hydrogen) atoms. The molecule has 70 valence electrons. The summed E-state index contributed by atoms with van der Waals surface area (Å²) in [5.74, 6) is 0. The van der Waals surface area contributed by atoms with Gasteiger partial charge in [0.2, 0.25) is 0 Å². The van der Waals surface area contributed by atoms with Gasteiger partial charge in [0.25, 0.3) is 0 Å². The SMILES string of the molecule is Cl[c-]1cccc1.[Fe].[cH-]1[cH-][cH-][cH-][cH-]1. The molecule has 0 spiro atoms. The molecule has 2 rings (SSSR count). The Morgan fingerprint density at radius 2 is 1.17 bits per heavy atom. The van der Waals surface area contributed by atoms with Crippen LogP contribution in [-0.4, -0.2) is 0 Å². The van der Waals surface area contributed by atoms with Crippen LogP contribution in [0, 0.1) is 0 Å². The Bertz CT molecular complexity index is 228. The van der Waals surface area contributed by atoms with Gasteiger partial charge in [-0.3, -0.25) is 0 Å². The number of halogens is 1. The predicted molar refractivity (Wildman–Crippen MR) is 49.1 cm³/mol. The molecule has 0 amide bonds. The Morgan fingerprint density at radius 1 is 0.833 bits per heavy atom. The van der Waals surface area contributed by atoms with Crippen molar-refractivity contribution in [2.75, 3.05) is 0 Å². The molecule has 0 aliphatic heterocycles. The van der Waals surface area contributed by atoms with Gasteiger partial charge in [0, 0.05) is 17.1 Å². The molecular weight excluding hydrogens is 211 g/mol. The van der Waals surface area contributed by atoms with Crippen molar-refractivity contribution >= 4 is 11.6 Å². The van der Waals surface area contributed by atoms with Crippen molar-refractivity contribution in [1.82, 2.24) is 0 Å². The van der Waals surface area contributed by atoms with E-state index < -0.39 is 0 Å². The topological polar surface area (TPSA) is 0 Å². The molecule has 0 aliphatic carbocycles. The summed E-state index contributed by atoms with van der Waals surface area (Å²) in [6.07, 6.45) is 0. The van der Waals surface area contributed by atoms with Crippen molar-refractivity contribution in [2.45, 2.75) is 0 Å². The minimum atomic E-state index is 0. The van der Waals surface area contributed by atoms with E-state index in [4.69, 9.17) is 11.6 Å². The van der Waals surface area contributed by atoms with Gasteiger partial charge in [0.15, 0.2) is 0 Å². The zero-order chi connectivity index (χ0) is 7.94. The van der Waals surface area contributed by atoms with Crippen molar-refractivity contribution in [3.05, 3.63) is 59.6 Å². The molecule has 0 saturated carbocycles. The fourth-order valence-corrected chi connectivity index (χ4v) is 0.817. The summed E-state index contributed by atoms with van der Waals surface area (Å²) in [5, 5.41) is 0.815. The van der Waals surface area contributed by atoms with Gasteiger partial charge in [-0.1, -0.05) is 5.02 Å². The van der Waals surface area contributed by atoms with Gasteiger partial charge in [-0.05, 0) is 0 Å². The number of rotatable bonds is 0. The third kappa shape index (κ3) is 5.20. The first-order chi connectivity index (χ1) is 5.39. The molecule has 0 N–H and O–H groups in total. The van der Waals surface area contributed by atoms with E-state index >= 15 is 0 Å². The summed E-state index contributed by atoms with van der Waals surface area (Å²) >= 11 is 5.46. The Hall–Kier alpha value is -0.491. The molecule has 2 aromatic carbocycles. The van der Waals surface area contributed by atoms with E-state index in [1.807, 2.05) is 54.6 Å². The van der Waals surface area contributed by atoms with E-state index in [9.17, 15) is 0 Å². The van der Waals surface area contributed by atoms with Crippen LogP contribution in [0.3, 0.4) is 0 Å². The van der Waals surface area contributed by atoms with Gasteiger partial charge in [-0.25, -0.2) is 12.1 Å². The summed E-state index contributed by atoms with van der Waals surface area (Å²) < 4.78 is 0. The van der Waals surface area contributed by atoms with E-state index in [0.29, 0.717) is 0 Å². The third-order valence-corrected chi connectivity index (χ3v) is 1.43. The van der Waals surface area contributed by atoms with Crippen LogP contribution in [0.1, 0.15) is 0 Å². The smallest absolute Gasteiger partial charge is 0 e. The van der Waals surface area contributed by atoms with Crippen LogP contribution < -0.4 is 0 Å². The average Bonchev–Trinajstić information content (AvgIpc) is 2.57. The van der Waals surface area contributed by atoms with Crippen molar-refractivity contribution in [3.8, 4) is 0 Å². The molecule has 2 heteroatoms. The maximum absolute atomic E-state index is 5.46. The summed E-state index contributed by atoms with van der Waals surface area (Å²) in [5.41, 5.74) is 0. The Morgan fingerprint density at radius 3 is 1.33 bits per heavy atom. The second-order valence-electron chi connectivity index (χ2n) is 2.07. The molecule has 0 heterocycles. The van der Waals surface area contributed by atoms with Gasteiger partial charge in [-0.15, -0.1) is 0 Å². The zero-order valence-electron chi connectivity index (χ0n) is 6.43. The van der Waals surface area contributed by atoms with Crippen LogP contribution in [0.4, 0.5) is 0 Å². The van der Waals surface area contributed by atoms with E-state index in [1.165, 1.54) is 0 Å². The summed E-state index contributed by atoms with van der Waals surface area (Å²) in [6, 6.07) is 17.5. The van der Waals surface area contributed by atoms with Crippen molar-refractivity contribution in [2.24, 2.45) is 0 Å². The Kier molecular flexibility index (Phi) is 6.88. The maximum atomic E-state index is 5.46. The van der Waals surface area contributed by atoms with Crippen LogP contribution in [0.5, 0.6) is 0 Å². The first kappa shape index (κ1) is 11.5. The molecule has 0 aliphatic rings. The van der Waals surface area contributed by atoms with Crippen LogP contribution in [0.25, 0.3) is 0 Å². The molecule has 0 nitrogen and oxygen atoms in total. The summed E-state index contributed by atoms with van der Waals surface area (Å²) in [7, 11) is 0. The first-order valence-corrected chi connectivity index (χ1v) is 3.81. The van der Waals surface area contributed by atoms with Crippen LogP contribution in [0.15, 0.2) is 54.6 Å². The normalized spacial score (nSPS) is 7.75. The monoisotopic (exact) mass is 220 g/mol. The minimum Gasteiger partial charge on any atom is -0.748 e. The molecule has 0 unspecified atom stereocenters. The van der Waals surface area contributed by atoms with E-state index in [0.717, 1.165) is 5.02 Å². The minimum absolute atomic E-state index is 0. The van der Waals surface area contributed by atoms with Crippen molar-refractivity contribution in [3.63, 3.8) is 0 Å². The number of hydrogen-bond acceptors (Lipinski definition) is 0. The van der Waals surface area contributed by atoms with E-state index in [1.54, 1.807) is 0 Å².